The van der Waals surface area contributed by atoms with E-state index in [-0.39, 0.29) is 5.56 Å². The van der Waals surface area contributed by atoms with E-state index in [9.17, 15) is 4.79 Å². The average Bonchev–Trinajstić information content (AvgIpc) is 3.00. The van der Waals surface area contributed by atoms with Crippen LogP contribution in [0.25, 0.3) is 0 Å². The summed E-state index contributed by atoms with van der Waals surface area (Å²) < 4.78 is 7.22. The molecule has 124 valence electrons. The van der Waals surface area contributed by atoms with Crippen LogP contribution in [0.4, 0.5) is 0 Å². The molecule has 0 N–H and O–H groups in total. The smallest absolute Gasteiger partial charge is 0.253 e. The lowest BCUT2D eigenvalue weighted by Gasteiger charge is -2.31. The van der Waals surface area contributed by atoms with Crippen LogP contribution in [0, 0.1) is 5.92 Å². The van der Waals surface area contributed by atoms with Gasteiger partial charge in [0, 0.05) is 31.3 Å². The topological polar surface area (TPSA) is 64.2 Å². The summed E-state index contributed by atoms with van der Waals surface area (Å²) in [4.78, 5) is 22.6. The molecule has 2 aromatic heterocycles. The molecule has 0 amide bonds. The maximum absolute atomic E-state index is 11.8. The van der Waals surface area contributed by atoms with Gasteiger partial charge in [-0.25, -0.2) is 9.97 Å². The van der Waals surface area contributed by atoms with E-state index < -0.39 is 0 Å². The summed E-state index contributed by atoms with van der Waals surface area (Å²) in [6.07, 6.45) is 6.92. The van der Waals surface area contributed by atoms with Crippen LogP contribution in [0.5, 0.6) is 0 Å². The van der Waals surface area contributed by atoms with Gasteiger partial charge in [-0.1, -0.05) is 13.8 Å². The van der Waals surface area contributed by atoms with Gasteiger partial charge in [0.05, 0.1) is 12.0 Å². The molecule has 0 saturated carbocycles. The number of nitrogens with zero attached hydrogens (tertiary/aromatic N) is 4. The fourth-order valence-corrected chi connectivity index (χ4v) is 3.20. The highest BCUT2D eigenvalue weighted by atomic mass is 16.3. The quantitative estimate of drug-likeness (QED) is 0.846. The standard InChI is InChI=1S/C17H24N4O2/c1-13(2)17-15(19-12-23-17)10-20-7-4-14(5-8-20)9-21-11-18-6-3-16(21)22/h3,6,11-14H,4-5,7-10H2,1-2H3. The number of aromatic nitrogens is 3. The summed E-state index contributed by atoms with van der Waals surface area (Å²) in [6, 6.07) is 1.52. The molecule has 0 bridgehead atoms. The summed E-state index contributed by atoms with van der Waals surface area (Å²) in [5.41, 5.74) is 1.09. The SMILES string of the molecule is CC(C)c1ocnc1CN1CCC(Cn2cnccc2=O)CC1. The summed E-state index contributed by atoms with van der Waals surface area (Å²) in [6.45, 7) is 7.93. The van der Waals surface area contributed by atoms with Crippen molar-refractivity contribution >= 4 is 0 Å². The van der Waals surface area contributed by atoms with Crippen molar-refractivity contribution in [1.29, 1.82) is 0 Å². The minimum Gasteiger partial charge on any atom is -0.448 e. The van der Waals surface area contributed by atoms with Crippen molar-refractivity contribution in [2.24, 2.45) is 5.92 Å². The zero-order chi connectivity index (χ0) is 16.2. The molecule has 6 nitrogen and oxygen atoms in total. The molecule has 0 aliphatic carbocycles. The van der Waals surface area contributed by atoms with Gasteiger partial charge in [-0.05, 0) is 31.8 Å². The Morgan fingerprint density at radius 1 is 1.35 bits per heavy atom. The van der Waals surface area contributed by atoms with E-state index in [1.807, 2.05) is 0 Å². The van der Waals surface area contributed by atoms with Crippen molar-refractivity contribution in [3.63, 3.8) is 0 Å². The molecule has 1 fully saturated rings. The molecule has 1 saturated heterocycles. The van der Waals surface area contributed by atoms with Gasteiger partial charge in [-0.2, -0.15) is 0 Å². The number of oxazole rings is 1. The zero-order valence-electron chi connectivity index (χ0n) is 13.8. The first-order valence-electron chi connectivity index (χ1n) is 8.28. The lowest BCUT2D eigenvalue weighted by atomic mass is 9.96. The number of hydrogen-bond acceptors (Lipinski definition) is 5. The van der Waals surface area contributed by atoms with Gasteiger partial charge in [0.1, 0.15) is 5.76 Å². The average molecular weight is 316 g/mol. The van der Waals surface area contributed by atoms with Gasteiger partial charge in [0.2, 0.25) is 0 Å². The van der Waals surface area contributed by atoms with Gasteiger partial charge in [-0.3, -0.25) is 14.3 Å². The maximum Gasteiger partial charge on any atom is 0.253 e. The van der Waals surface area contributed by atoms with Crippen LogP contribution in [0.2, 0.25) is 0 Å². The second kappa shape index (κ2) is 7.08. The minimum absolute atomic E-state index is 0.0339. The van der Waals surface area contributed by atoms with Crippen molar-refractivity contribution in [2.45, 2.75) is 45.7 Å². The van der Waals surface area contributed by atoms with E-state index in [0.717, 1.165) is 50.5 Å². The fourth-order valence-electron chi connectivity index (χ4n) is 3.20. The third-order valence-electron chi connectivity index (χ3n) is 4.52. The van der Waals surface area contributed by atoms with Crippen molar-refractivity contribution in [1.82, 2.24) is 19.4 Å². The summed E-state index contributed by atoms with van der Waals surface area (Å²) in [7, 11) is 0. The molecular formula is C17H24N4O2. The van der Waals surface area contributed by atoms with Crippen LogP contribution in [0.3, 0.4) is 0 Å². The largest absolute Gasteiger partial charge is 0.448 e. The van der Waals surface area contributed by atoms with Crippen LogP contribution in [-0.4, -0.2) is 32.5 Å². The molecule has 3 rings (SSSR count). The van der Waals surface area contributed by atoms with Crippen LogP contribution in [0.1, 0.15) is 44.1 Å². The molecule has 6 heteroatoms. The molecule has 23 heavy (non-hydrogen) atoms. The Kier molecular flexibility index (Phi) is 4.91. The Bertz CT molecular complexity index is 684. The predicted octanol–water partition coefficient (Wildman–Crippen LogP) is 2.27. The Labute approximate surface area is 136 Å². The molecule has 0 aromatic carbocycles. The minimum atomic E-state index is 0.0339. The van der Waals surface area contributed by atoms with Crippen LogP contribution in [0.15, 0.2) is 34.2 Å². The predicted molar refractivity (Wildman–Crippen MR) is 87.1 cm³/mol. The maximum atomic E-state index is 11.8. The van der Waals surface area contributed by atoms with Gasteiger partial charge in [0.25, 0.3) is 5.56 Å². The van der Waals surface area contributed by atoms with Gasteiger partial charge in [-0.15, -0.1) is 0 Å². The summed E-state index contributed by atoms with van der Waals surface area (Å²) in [5, 5.41) is 0. The molecule has 1 aliphatic rings. The fraction of sp³-hybridized carbons (Fsp3) is 0.588. The molecule has 2 aromatic rings. The van der Waals surface area contributed by atoms with Crippen molar-refractivity contribution in [3.8, 4) is 0 Å². The zero-order valence-corrected chi connectivity index (χ0v) is 13.8. The molecule has 0 atom stereocenters. The van der Waals surface area contributed by atoms with E-state index in [1.54, 1.807) is 23.5 Å². The van der Waals surface area contributed by atoms with Crippen molar-refractivity contribution < 1.29 is 4.42 Å². The number of rotatable bonds is 5. The van der Waals surface area contributed by atoms with E-state index in [4.69, 9.17) is 4.42 Å². The molecule has 0 spiro atoms. The highest BCUT2D eigenvalue weighted by Crippen LogP contribution is 2.23. The van der Waals surface area contributed by atoms with Crippen molar-refractivity contribution in [2.75, 3.05) is 13.1 Å². The lowest BCUT2D eigenvalue weighted by molar-refractivity contribution is 0.164. The second-order valence-corrected chi connectivity index (χ2v) is 6.61. The number of piperidine rings is 1. The highest BCUT2D eigenvalue weighted by Gasteiger charge is 2.22. The third-order valence-corrected chi connectivity index (χ3v) is 4.52. The van der Waals surface area contributed by atoms with Crippen molar-refractivity contribution in [3.05, 3.63) is 46.8 Å². The number of likely N-dealkylation sites (tertiary alicyclic amines) is 1. The first kappa shape index (κ1) is 15.9. The van der Waals surface area contributed by atoms with E-state index >= 15 is 0 Å². The summed E-state index contributed by atoms with van der Waals surface area (Å²) in [5.74, 6) is 1.89. The van der Waals surface area contributed by atoms with Crippen LogP contribution < -0.4 is 5.56 Å². The van der Waals surface area contributed by atoms with Gasteiger partial charge >= 0.3 is 0 Å². The molecule has 3 heterocycles. The van der Waals surface area contributed by atoms with Gasteiger partial charge in [0.15, 0.2) is 6.39 Å². The third kappa shape index (κ3) is 3.88. The molecule has 0 radical (unpaired) electrons. The second-order valence-electron chi connectivity index (χ2n) is 6.61. The van der Waals surface area contributed by atoms with Crippen LogP contribution in [-0.2, 0) is 13.1 Å². The Balaban J connectivity index is 1.53. The van der Waals surface area contributed by atoms with E-state index in [0.29, 0.717) is 11.8 Å². The van der Waals surface area contributed by atoms with E-state index in [2.05, 4.69) is 28.7 Å². The highest BCUT2D eigenvalue weighted by molar-refractivity contribution is 5.11. The normalized spacial score (nSPS) is 17.0. The lowest BCUT2D eigenvalue weighted by Crippen LogP contribution is -2.36. The molecule has 1 aliphatic heterocycles. The first-order valence-corrected chi connectivity index (χ1v) is 8.28. The Morgan fingerprint density at radius 3 is 2.83 bits per heavy atom. The van der Waals surface area contributed by atoms with E-state index in [1.165, 1.54) is 6.07 Å². The molecule has 0 unspecified atom stereocenters. The number of hydrogen-bond donors (Lipinski definition) is 0. The van der Waals surface area contributed by atoms with Gasteiger partial charge < -0.3 is 4.42 Å². The van der Waals surface area contributed by atoms with Crippen LogP contribution >= 0.6 is 0 Å². The monoisotopic (exact) mass is 316 g/mol. The summed E-state index contributed by atoms with van der Waals surface area (Å²) >= 11 is 0. The Morgan fingerprint density at radius 2 is 2.13 bits per heavy atom. The first-order chi connectivity index (χ1) is 11.1. The Hall–Kier alpha value is -1.95. The molecular weight excluding hydrogens is 292 g/mol.